The highest BCUT2D eigenvalue weighted by atomic mass is 16.2. The van der Waals surface area contributed by atoms with E-state index in [2.05, 4.69) is 25.7 Å². The Morgan fingerprint density at radius 3 is 2.50 bits per heavy atom. The van der Waals surface area contributed by atoms with Crippen molar-refractivity contribution in [1.82, 2.24) is 25.1 Å². The summed E-state index contributed by atoms with van der Waals surface area (Å²) in [6, 6.07) is 7.05. The average Bonchev–Trinajstić information content (AvgIpc) is 3.82. The monoisotopic (exact) mass is 514 g/mol. The molecular formula is C29H34N6O3. The number of H-pyrrole nitrogens is 1. The van der Waals surface area contributed by atoms with Crippen molar-refractivity contribution in [2.24, 2.45) is 17.8 Å². The summed E-state index contributed by atoms with van der Waals surface area (Å²) in [6.45, 7) is 3.96. The van der Waals surface area contributed by atoms with Crippen molar-refractivity contribution in [1.29, 1.82) is 0 Å². The van der Waals surface area contributed by atoms with Gasteiger partial charge in [0.15, 0.2) is 0 Å². The van der Waals surface area contributed by atoms with Crippen LogP contribution in [0.1, 0.15) is 85.1 Å². The summed E-state index contributed by atoms with van der Waals surface area (Å²) >= 11 is 0. The molecule has 0 bridgehead atoms. The molecule has 3 aliphatic carbocycles. The molecule has 0 aliphatic heterocycles. The number of anilines is 1. The van der Waals surface area contributed by atoms with E-state index >= 15 is 0 Å². The van der Waals surface area contributed by atoms with E-state index in [9.17, 15) is 14.4 Å². The van der Waals surface area contributed by atoms with Gasteiger partial charge in [0.2, 0.25) is 5.91 Å². The Bertz CT molecular complexity index is 1410. The highest BCUT2D eigenvalue weighted by molar-refractivity contribution is 6.01. The smallest absolute Gasteiger partial charge is 0.270 e. The number of amides is 2. The predicted octanol–water partition coefficient (Wildman–Crippen LogP) is 3.80. The second-order valence-electron chi connectivity index (χ2n) is 11.3. The molecule has 1 aromatic carbocycles. The molecule has 3 N–H and O–H groups in total. The average molecular weight is 515 g/mol. The van der Waals surface area contributed by atoms with Crippen LogP contribution in [0.15, 0.2) is 47.8 Å². The molecular weight excluding hydrogens is 480 g/mol. The zero-order chi connectivity index (χ0) is 26.4. The molecule has 38 heavy (non-hydrogen) atoms. The van der Waals surface area contributed by atoms with Crippen molar-refractivity contribution < 1.29 is 9.59 Å². The molecule has 0 spiro atoms. The number of fused-ring (bicyclic) bond motifs is 1. The number of rotatable bonds is 9. The van der Waals surface area contributed by atoms with Gasteiger partial charge < -0.3 is 15.6 Å². The first-order valence-corrected chi connectivity index (χ1v) is 13.7. The van der Waals surface area contributed by atoms with E-state index < -0.39 is 6.04 Å². The normalized spacial score (nSPS) is 19.4. The Morgan fingerprint density at radius 1 is 1.05 bits per heavy atom. The van der Waals surface area contributed by atoms with Crippen LogP contribution in [-0.4, -0.2) is 37.6 Å². The lowest BCUT2D eigenvalue weighted by Crippen LogP contribution is -2.50. The molecule has 2 heterocycles. The van der Waals surface area contributed by atoms with Crippen molar-refractivity contribution in [3.05, 3.63) is 75.7 Å². The summed E-state index contributed by atoms with van der Waals surface area (Å²) in [4.78, 5) is 46.2. The standard InChI is InChI=1S/C29H34N6O3/c1-16(2)35-24(11-12-32-35)28(37)34-26(25(17-3-4-17)18-5-6-18)29(38)33-20-8-10-21-19(13-20)7-9-22(21)23-14-30-15-31-27(23)36/h8,10-18,22,25-26H,3-7,9H2,1-2H3,(H,33,38)(H,34,37)(H,30,31,36)/t22?,26-/m0/s1. The molecule has 3 aromatic rings. The molecule has 1 unspecified atom stereocenters. The first-order valence-electron chi connectivity index (χ1n) is 13.7. The van der Waals surface area contributed by atoms with Gasteiger partial charge in [-0.25, -0.2) is 4.98 Å². The second-order valence-corrected chi connectivity index (χ2v) is 11.3. The number of hydrogen-bond acceptors (Lipinski definition) is 5. The summed E-state index contributed by atoms with van der Waals surface area (Å²) in [5.41, 5.74) is 3.96. The zero-order valence-corrected chi connectivity index (χ0v) is 21.8. The molecule has 9 heteroatoms. The van der Waals surface area contributed by atoms with E-state index in [0.29, 0.717) is 28.8 Å². The van der Waals surface area contributed by atoms with E-state index in [4.69, 9.17) is 0 Å². The van der Waals surface area contributed by atoms with Crippen molar-refractivity contribution in [3.63, 3.8) is 0 Å². The maximum Gasteiger partial charge on any atom is 0.270 e. The van der Waals surface area contributed by atoms with Crippen LogP contribution in [-0.2, 0) is 11.2 Å². The molecule has 2 atom stereocenters. The number of carbonyl (C=O) groups is 2. The molecule has 0 radical (unpaired) electrons. The van der Waals surface area contributed by atoms with Gasteiger partial charge in [-0.15, -0.1) is 0 Å². The Hall–Kier alpha value is -3.75. The van der Waals surface area contributed by atoms with E-state index in [1.807, 2.05) is 32.0 Å². The number of aromatic nitrogens is 4. The fraction of sp³-hybridized carbons (Fsp3) is 0.483. The fourth-order valence-electron chi connectivity index (χ4n) is 6.19. The van der Waals surface area contributed by atoms with Gasteiger partial charge in [-0.1, -0.05) is 6.07 Å². The molecule has 2 aromatic heterocycles. The molecule has 198 valence electrons. The Morgan fingerprint density at radius 2 is 1.82 bits per heavy atom. The van der Waals surface area contributed by atoms with Gasteiger partial charge in [0.1, 0.15) is 11.7 Å². The van der Waals surface area contributed by atoms with Crippen LogP contribution in [0.5, 0.6) is 0 Å². The minimum Gasteiger partial charge on any atom is -0.339 e. The van der Waals surface area contributed by atoms with Gasteiger partial charge in [0.25, 0.3) is 11.5 Å². The molecule has 2 fully saturated rings. The minimum atomic E-state index is -0.604. The largest absolute Gasteiger partial charge is 0.339 e. The van der Waals surface area contributed by atoms with Crippen LogP contribution in [0.2, 0.25) is 0 Å². The van der Waals surface area contributed by atoms with Crippen molar-refractivity contribution >= 4 is 17.5 Å². The van der Waals surface area contributed by atoms with E-state index in [1.54, 1.807) is 23.1 Å². The lowest BCUT2D eigenvalue weighted by molar-refractivity contribution is -0.119. The van der Waals surface area contributed by atoms with Crippen molar-refractivity contribution in [2.75, 3.05) is 5.32 Å². The van der Waals surface area contributed by atoms with Gasteiger partial charge in [0, 0.05) is 35.6 Å². The zero-order valence-electron chi connectivity index (χ0n) is 21.8. The summed E-state index contributed by atoms with van der Waals surface area (Å²) < 4.78 is 1.69. The SMILES string of the molecule is CC(C)n1nccc1C(=O)N[C@H](C(=O)Nc1ccc2c(c1)CCC2c1cnc[nH]c1=O)C(C1CC1)C1CC1. The Balaban J connectivity index is 1.23. The highest BCUT2D eigenvalue weighted by Gasteiger charge is 2.48. The highest BCUT2D eigenvalue weighted by Crippen LogP contribution is 2.51. The van der Waals surface area contributed by atoms with Crippen LogP contribution in [0.25, 0.3) is 0 Å². The minimum absolute atomic E-state index is 0.000778. The first-order chi connectivity index (χ1) is 18.4. The third-order valence-corrected chi connectivity index (χ3v) is 8.29. The predicted molar refractivity (Wildman–Crippen MR) is 143 cm³/mol. The van der Waals surface area contributed by atoms with Crippen LogP contribution in [0, 0.1) is 17.8 Å². The van der Waals surface area contributed by atoms with Crippen molar-refractivity contribution in [2.45, 2.75) is 70.4 Å². The number of benzene rings is 1. The maximum absolute atomic E-state index is 13.8. The van der Waals surface area contributed by atoms with Crippen LogP contribution in [0.3, 0.4) is 0 Å². The molecule has 0 saturated heterocycles. The second kappa shape index (κ2) is 9.85. The molecule has 2 amide bonds. The number of carbonyl (C=O) groups excluding carboxylic acids is 2. The number of hydrogen-bond donors (Lipinski definition) is 3. The topological polar surface area (TPSA) is 122 Å². The fourth-order valence-corrected chi connectivity index (χ4v) is 6.19. The van der Waals surface area contributed by atoms with Gasteiger partial charge in [-0.05, 0) is 99.5 Å². The third kappa shape index (κ3) is 4.77. The lowest BCUT2D eigenvalue weighted by Gasteiger charge is -2.28. The van der Waals surface area contributed by atoms with Crippen molar-refractivity contribution in [3.8, 4) is 0 Å². The number of aromatic amines is 1. The quantitative estimate of drug-likeness (QED) is 0.401. The lowest BCUT2D eigenvalue weighted by atomic mass is 9.88. The van der Waals surface area contributed by atoms with Gasteiger partial charge in [0.05, 0.1) is 6.33 Å². The number of aryl methyl sites for hydroxylation is 1. The van der Waals surface area contributed by atoms with E-state index in [1.165, 1.54) is 6.33 Å². The van der Waals surface area contributed by atoms with Gasteiger partial charge >= 0.3 is 0 Å². The Kier molecular flexibility index (Phi) is 6.37. The third-order valence-electron chi connectivity index (χ3n) is 8.29. The van der Waals surface area contributed by atoms with Crippen LogP contribution < -0.4 is 16.2 Å². The molecule has 3 aliphatic rings. The maximum atomic E-state index is 13.8. The van der Waals surface area contributed by atoms with E-state index in [0.717, 1.165) is 49.7 Å². The summed E-state index contributed by atoms with van der Waals surface area (Å²) in [7, 11) is 0. The Labute approximate surface area is 221 Å². The summed E-state index contributed by atoms with van der Waals surface area (Å²) in [5, 5.41) is 10.5. The number of nitrogens with one attached hydrogen (secondary N) is 3. The molecule has 6 rings (SSSR count). The molecule has 9 nitrogen and oxygen atoms in total. The van der Waals surface area contributed by atoms with Gasteiger partial charge in [-0.2, -0.15) is 5.10 Å². The van der Waals surface area contributed by atoms with Gasteiger partial charge in [-0.3, -0.25) is 19.1 Å². The summed E-state index contributed by atoms with van der Waals surface area (Å²) in [5.74, 6) is 0.667. The summed E-state index contributed by atoms with van der Waals surface area (Å²) in [6.07, 6.45) is 10.8. The van der Waals surface area contributed by atoms with Crippen LogP contribution in [0.4, 0.5) is 5.69 Å². The number of nitrogens with zero attached hydrogens (tertiary/aromatic N) is 3. The molecule has 2 saturated carbocycles. The van der Waals surface area contributed by atoms with Crippen LogP contribution >= 0.6 is 0 Å². The first kappa shape index (κ1) is 24.6. The van der Waals surface area contributed by atoms with E-state index in [-0.39, 0.29) is 35.3 Å².